The molecule has 1 heterocycles. The van der Waals surface area contributed by atoms with Crippen LogP contribution in [-0.2, 0) is 15.1 Å². The van der Waals surface area contributed by atoms with Gasteiger partial charge in [0.15, 0.2) is 11.4 Å². The van der Waals surface area contributed by atoms with E-state index in [2.05, 4.69) is 122 Å². The van der Waals surface area contributed by atoms with Crippen LogP contribution in [0.4, 0.5) is 0 Å². The summed E-state index contributed by atoms with van der Waals surface area (Å²) >= 11 is 0. The minimum atomic E-state index is -1.03. The average Bonchev–Trinajstić information content (AvgIpc) is 2.96. The molecule has 7 rings (SSSR count). The molecule has 6 aromatic rings. The first-order chi connectivity index (χ1) is 18.5. The van der Waals surface area contributed by atoms with Gasteiger partial charge >= 0.3 is 0 Å². The molecule has 1 aliphatic rings. The zero-order chi connectivity index (χ0) is 25.9. The third-order valence-corrected chi connectivity index (χ3v) is 8.14. The quantitative estimate of drug-likeness (QED) is 0.230. The Bertz CT molecular complexity index is 1930. The first-order valence-electron chi connectivity index (χ1n) is 13.3. The molecule has 0 N–H and O–H groups in total. The Kier molecular flexibility index (Phi) is 5.13. The fraction of sp³-hybridized carbons (Fsp3) is 0.139. The highest BCUT2D eigenvalue weighted by atomic mass is 16.5. The van der Waals surface area contributed by atoms with Gasteiger partial charge in [0, 0.05) is 17.5 Å². The molecule has 1 aliphatic heterocycles. The molecule has 0 fully saturated rings. The number of hydrogen-bond donors (Lipinski definition) is 0. The van der Waals surface area contributed by atoms with E-state index in [1.165, 1.54) is 32.3 Å². The fourth-order valence-electron chi connectivity index (χ4n) is 6.22. The molecule has 0 bridgehead atoms. The fourth-order valence-corrected chi connectivity index (χ4v) is 6.22. The average molecular weight is 493 g/mol. The molecule has 2 atom stereocenters. The molecule has 6 aromatic carbocycles. The highest BCUT2D eigenvalue weighted by molar-refractivity contribution is 6.09. The number of carbonyl (C=O) groups is 1. The lowest BCUT2D eigenvalue weighted by Gasteiger charge is -2.39. The van der Waals surface area contributed by atoms with Gasteiger partial charge in [-0.05, 0) is 74.1 Å². The highest BCUT2D eigenvalue weighted by Crippen LogP contribution is 2.44. The van der Waals surface area contributed by atoms with Crippen molar-refractivity contribution in [3.8, 4) is 0 Å². The van der Waals surface area contributed by atoms with Gasteiger partial charge in [-0.2, -0.15) is 0 Å². The maximum Gasteiger partial charge on any atom is 0.192 e. The number of Topliss-reactive ketones (excluding diaryl/α,β-unsaturated/α-hetero) is 1. The van der Waals surface area contributed by atoms with Crippen LogP contribution in [0.15, 0.2) is 115 Å². The molecule has 0 aliphatic carbocycles. The first kappa shape index (κ1) is 22.7. The maximum atomic E-state index is 13.4. The smallest absolute Gasteiger partial charge is 0.192 e. The molecule has 38 heavy (non-hydrogen) atoms. The van der Waals surface area contributed by atoms with Crippen LogP contribution >= 0.6 is 0 Å². The van der Waals surface area contributed by atoms with Crippen LogP contribution in [0.5, 0.6) is 0 Å². The first-order valence-corrected chi connectivity index (χ1v) is 13.3. The monoisotopic (exact) mass is 492 g/mol. The Balaban J connectivity index is 1.34. The summed E-state index contributed by atoms with van der Waals surface area (Å²) in [6, 6.07) is 38.4. The van der Waals surface area contributed by atoms with Crippen LogP contribution in [0.2, 0.25) is 0 Å². The Morgan fingerprint density at radius 2 is 1.24 bits per heavy atom. The number of ether oxygens (including phenoxy) is 1. The number of hydrogen-bond acceptors (Lipinski definition) is 2. The summed E-state index contributed by atoms with van der Waals surface area (Å²) in [5.41, 5.74) is 0.885. The summed E-state index contributed by atoms with van der Waals surface area (Å²) in [5.74, 6) is 0.983. The van der Waals surface area contributed by atoms with Gasteiger partial charge < -0.3 is 4.74 Å². The highest BCUT2D eigenvalue weighted by Gasteiger charge is 2.44. The van der Waals surface area contributed by atoms with E-state index in [0.29, 0.717) is 6.42 Å². The number of carbonyl (C=O) groups excluding carboxylic acids is 1. The van der Waals surface area contributed by atoms with E-state index in [1.54, 1.807) is 6.92 Å². The van der Waals surface area contributed by atoms with E-state index in [0.717, 1.165) is 27.7 Å². The number of fused-ring (bicyclic) bond motifs is 6. The van der Waals surface area contributed by atoms with Crippen LogP contribution in [0.1, 0.15) is 31.4 Å². The summed E-state index contributed by atoms with van der Waals surface area (Å²) < 4.78 is 6.76. The Morgan fingerprint density at radius 3 is 1.89 bits per heavy atom. The van der Waals surface area contributed by atoms with Gasteiger partial charge in [0.05, 0.1) is 0 Å². The van der Waals surface area contributed by atoms with Crippen molar-refractivity contribution in [2.24, 2.45) is 5.92 Å². The van der Waals surface area contributed by atoms with Gasteiger partial charge in [-0.3, -0.25) is 4.79 Å². The van der Waals surface area contributed by atoms with Gasteiger partial charge in [0.2, 0.25) is 0 Å². The van der Waals surface area contributed by atoms with E-state index >= 15 is 0 Å². The lowest BCUT2D eigenvalue weighted by atomic mass is 9.79. The number of rotatable bonds is 3. The van der Waals surface area contributed by atoms with Crippen molar-refractivity contribution in [1.29, 1.82) is 0 Å². The Morgan fingerprint density at radius 1 is 0.684 bits per heavy atom. The van der Waals surface area contributed by atoms with E-state index in [-0.39, 0.29) is 11.7 Å². The molecule has 0 radical (unpaired) electrons. The standard InChI is InChI=1S/C36H28O2/c1-23-19-35(29-15-17-33-27(20-29)13-11-25-7-3-5-9-31(25)33)38-36(22-23,24(2)37)30-16-18-34-28(21-30)14-12-26-8-4-6-10-32(26)34/h3-21,23H,22H2,1-2H3/t23-,36-/m0/s1. The minimum Gasteiger partial charge on any atom is -0.474 e. The number of benzene rings is 6. The minimum absolute atomic E-state index is 0.0295. The molecule has 184 valence electrons. The van der Waals surface area contributed by atoms with Crippen LogP contribution in [0, 0.1) is 5.92 Å². The lowest BCUT2D eigenvalue weighted by molar-refractivity contribution is -0.138. The van der Waals surface area contributed by atoms with Crippen LogP contribution in [0.3, 0.4) is 0 Å². The lowest BCUT2D eigenvalue weighted by Crippen LogP contribution is -2.40. The topological polar surface area (TPSA) is 26.3 Å². The van der Waals surface area contributed by atoms with Crippen molar-refractivity contribution < 1.29 is 9.53 Å². The van der Waals surface area contributed by atoms with Gasteiger partial charge in [0.25, 0.3) is 0 Å². The maximum absolute atomic E-state index is 13.4. The molecule has 0 saturated heterocycles. The van der Waals surface area contributed by atoms with Crippen molar-refractivity contribution in [3.63, 3.8) is 0 Å². The SMILES string of the molecule is CC(=O)[C@]1(c2ccc3c(ccc4ccccc43)c2)C[C@@H](C)C=C(c2ccc3c(ccc4ccccc43)c2)O1. The van der Waals surface area contributed by atoms with Gasteiger partial charge in [-0.1, -0.05) is 104 Å². The second-order valence-corrected chi connectivity index (χ2v) is 10.6. The van der Waals surface area contributed by atoms with E-state index in [9.17, 15) is 4.79 Å². The van der Waals surface area contributed by atoms with Gasteiger partial charge in [0.1, 0.15) is 5.76 Å². The predicted molar refractivity (Wildman–Crippen MR) is 158 cm³/mol. The molecule has 0 aromatic heterocycles. The molecule has 0 amide bonds. The van der Waals surface area contributed by atoms with Crippen molar-refractivity contribution >= 4 is 54.6 Å². The molecule has 0 unspecified atom stereocenters. The Hall–Kier alpha value is -4.43. The summed E-state index contributed by atoms with van der Waals surface area (Å²) in [7, 11) is 0. The van der Waals surface area contributed by atoms with Crippen LogP contribution in [0.25, 0.3) is 48.8 Å². The van der Waals surface area contributed by atoms with Crippen molar-refractivity contribution in [2.45, 2.75) is 25.9 Å². The zero-order valence-electron chi connectivity index (χ0n) is 21.6. The summed E-state index contributed by atoms with van der Waals surface area (Å²) in [5, 5.41) is 9.59. The third kappa shape index (κ3) is 3.52. The predicted octanol–water partition coefficient (Wildman–Crippen LogP) is 9.18. The number of allylic oxidation sites excluding steroid dienone is 1. The molecule has 0 saturated carbocycles. The summed E-state index contributed by atoms with van der Waals surface area (Å²) in [4.78, 5) is 13.4. The van der Waals surface area contributed by atoms with Crippen LogP contribution < -0.4 is 0 Å². The van der Waals surface area contributed by atoms with Gasteiger partial charge in [-0.25, -0.2) is 0 Å². The summed E-state index contributed by atoms with van der Waals surface area (Å²) in [6.07, 6.45) is 2.78. The van der Waals surface area contributed by atoms with Crippen LogP contribution in [-0.4, -0.2) is 5.78 Å². The van der Waals surface area contributed by atoms with Crippen molar-refractivity contribution in [1.82, 2.24) is 0 Å². The van der Waals surface area contributed by atoms with E-state index in [4.69, 9.17) is 4.74 Å². The van der Waals surface area contributed by atoms with E-state index in [1.807, 2.05) is 0 Å². The second kappa shape index (κ2) is 8.56. The number of ketones is 1. The molecule has 0 spiro atoms. The summed E-state index contributed by atoms with van der Waals surface area (Å²) in [6.45, 7) is 3.83. The largest absolute Gasteiger partial charge is 0.474 e. The molecule has 2 heteroatoms. The molecular formula is C36H28O2. The van der Waals surface area contributed by atoms with E-state index < -0.39 is 5.60 Å². The van der Waals surface area contributed by atoms with Crippen molar-refractivity contribution in [2.75, 3.05) is 0 Å². The normalized spacial score (nSPS) is 19.5. The zero-order valence-corrected chi connectivity index (χ0v) is 21.6. The third-order valence-electron chi connectivity index (χ3n) is 8.14. The Labute approximate surface area is 222 Å². The van der Waals surface area contributed by atoms with Crippen molar-refractivity contribution in [3.05, 3.63) is 126 Å². The van der Waals surface area contributed by atoms with Gasteiger partial charge in [-0.15, -0.1) is 0 Å². The molecular weight excluding hydrogens is 464 g/mol. The molecule has 2 nitrogen and oxygen atoms in total. The second-order valence-electron chi connectivity index (χ2n) is 10.6.